The number of hydrogen-bond donors (Lipinski definition) is 1. The maximum atomic E-state index is 12.5. The number of benzene rings is 2. The Balaban J connectivity index is 2.00. The van der Waals surface area contributed by atoms with Gasteiger partial charge in [-0.05, 0) is 50.1 Å². The van der Waals surface area contributed by atoms with Gasteiger partial charge >= 0.3 is 0 Å². The number of hydrogen-bond acceptors (Lipinski definition) is 4. The fourth-order valence-corrected chi connectivity index (χ4v) is 2.76. The number of amides is 1. The SMILES string of the molecule is CCOc1ccccc1NC(=O)c1cc(=O)c2cc(C)cc(C)c2o1. The van der Waals surface area contributed by atoms with Gasteiger partial charge in [-0.1, -0.05) is 18.2 Å². The van der Waals surface area contributed by atoms with Crippen molar-refractivity contribution in [1.29, 1.82) is 0 Å². The molecule has 0 aliphatic heterocycles. The molecule has 3 aromatic rings. The first-order valence-electron chi connectivity index (χ1n) is 8.08. The van der Waals surface area contributed by atoms with Gasteiger partial charge in [0.15, 0.2) is 11.2 Å². The Kier molecular flexibility index (Phi) is 4.57. The van der Waals surface area contributed by atoms with Gasteiger partial charge in [-0.2, -0.15) is 0 Å². The van der Waals surface area contributed by atoms with Crippen molar-refractivity contribution in [2.75, 3.05) is 11.9 Å². The highest BCUT2D eigenvalue weighted by Crippen LogP contribution is 2.25. The summed E-state index contributed by atoms with van der Waals surface area (Å²) in [5.74, 6) is 0.0372. The number of carbonyl (C=O) groups is 1. The van der Waals surface area contributed by atoms with Gasteiger partial charge in [0.25, 0.3) is 5.91 Å². The Morgan fingerprint density at radius 1 is 1.16 bits per heavy atom. The van der Waals surface area contributed by atoms with Gasteiger partial charge < -0.3 is 14.5 Å². The minimum absolute atomic E-state index is 0.0317. The van der Waals surface area contributed by atoms with Crippen LogP contribution in [0.1, 0.15) is 28.6 Å². The lowest BCUT2D eigenvalue weighted by Crippen LogP contribution is -2.16. The summed E-state index contributed by atoms with van der Waals surface area (Å²) < 4.78 is 11.2. The second-order valence-electron chi connectivity index (χ2n) is 5.82. The van der Waals surface area contributed by atoms with E-state index < -0.39 is 5.91 Å². The van der Waals surface area contributed by atoms with Crippen molar-refractivity contribution in [3.8, 4) is 5.75 Å². The lowest BCUT2D eigenvalue weighted by Gasteiger charge is -2.11. The number of nitrogens with one attached hydrogen (secondary N) is 1. The lowest BCUT2D eigenvalue weighted by molar-refractivity contribution is 0.0996. The van der Waals surface area contributed by atoms with Gasteiger partial charge in [0.1, 0.15) is 11.3 Å². The van der Waals surface area contributed by atoms with Crippen LogP contribution < -0.4 is 15.5 Å². The smallest absolute Gasteiger partial charge is 0.291 e. The van der Waals surface area contributed by atoms with Crippen LogP contribution in [0.5, 0.6) is 5.75 Å². The molecule has 3 rings (SSSR count). The van der Waals surface area contributed by atoms with E-state index in [0.29, 0.717) is 29.0 Å². The van der Waals surface area contributed by atoms with Gasteiger partial charge in [-0.3, -0.25) is 9.59 Å². The molecule has 0 spiro atoms. The minimum Gasteiger partial charge on any atom is -0.492 e. The van der Waals surface area contributed by atoms with Crippen molar-refractivity contribution in [1.82, 2.24) is 0 Å². The number of para-hydroxylation sites is 2. The summed E-state index contributed by atoms with van der Waals surface area (Å²) in [6.45, 7) is 6.11. The highest BCUT2D eigenvalue weighted by atomic mass is 16.5. The van der Waals surface area contributed by atoms with Gasteiger partial charge in [0, 0.05) is 6.07 Å². The number of anilines is 1. The summed E-state index contributed by atoms with van der Waals surface area (Å²) in [5, 5.41) is 3.21. The quantitative estimate of drug-likeness (QED) is 0.779. The third kappa shape index (κ3) is 3.40. The highest BCUT2D eigenvalue weighted by molar-refractivity contribution is 6.03. The summed E-state index contributed by atoms with van der Waals surface area (Å²) >= 11 is 0. The van der Waals surface area contributed by atoms with Crippen molar-refractivity contribution >= 4 is 22.6 Å². The van der Waals surface area contributed by atoms with Crippen molar-refractivity contribution in [2.24, 2.45) is 0 Å². The van der Waals surface area contributed by atoms with E-state index in [4.69, 9.17) is 9.15 Å². The lowest BCUT2D eigenvalue weighted by atomic mass is 10.1. The van der Waals surface area contributed by atoms with E-state index in [-0.39, 0.29) is 11.2 Å². The monoisotopic (exact) mass is 337 g/mol. The van der Waals surface area contributed by atoms with Crippen LogP contribution in [0.25, 0.3) is 11.0 Å². The zero-order chi connectivity index (χ0) is 18.0. The second kappa shape index (κ2) is 6.81. The molecule has 0 bridgehead atoms. The average molecular weight is 337 g/mol. The summed E-state index contributed by atoms with van der Waals surface area (Å²) in [6, 6.07) is 12.0. The van der Waals surface area contributed by atoms with E-state index in [1.54, 1.807) is 24.3 Å². The number of aryl methyl sites for hydroxylation is 2. The number of fused-ring (bicyclic) bond motifs is 1. The Bertz CT molecular complexity index is 1000. The van der Waals surface area contributed by atoms with Crippen LogP contribution in [0, 0.1) is 13.8 Å². The highest BCUT2D eigenvalue weighted by Gasteiger charge is 2.15. The fraction of sp³-hybridized carbons (Fsp3) is 0.200. The number of ether oxygens (including phenoxy) is 1. The van der Waals surface area contributed by atoms with Crippen molar-refractivity contribution < 1.29 is 13.9 Å². The largest absolute Gasteiger partial charge is 0.492 e. The van der Waals surface area contributed by atoms with Crippen molar-refractivity contribution in [3.63, 3.8) is 0 Å². The molecule has 128 valence electrons. The van der Waals surface area contributed by atoms with Gasteiger partial charge in [0.05, 0.1) is 17.7 Å². The Morgan fingerprint density at radius 3 is 2.68 bits per heavy atom. The first kappa shape index (κ1) is 16.8. The molecule has 0 saturated carbocycles. The average Bonchev–Trinajstić information content (AvgIpc) is 2.57. The zero-order valence-corrected chi connectivity index (χ0v) is 14.4. The Labute approximate surface area is 145 Å². The molecule has 0 saturated heterocycles. The Hall–Kier alpha value is -3.08. The molecule has 1 aromatic heterocycles. The third-order valence-corrected chi connectivity index (χ3v) is 3.82. The third-order valence-electron chi connectivity index (χ3n) is 3.82. The van der Waals surface area contributed by atoms with Crippen LogP contribution in [-0.2, 0) is 0 Å². The topological polar surface area (TPSA) is 68.5 Å². The van der Waals surface area contributed by atoms with E-state index in [2.05, 4.69) is 5.32 Å². The molecule has 0 aliphatic rings. The van der Waals surface area contributed by atoms with Crippen LogP contribution >= 0.6 is 0 Å². The molecule has 0 fully saturated rings. The zero-order valence-electron chi connectivity index (χ0n) is 14.4. The molecule has 25 heavy (non-hydrogen) atoms. The first-order valence-corrected chi connectivity index (χ1v) is 8.08. The molecule has 5 nitrogen and oxygen atoms in total. The van der Waals surface area contributed by atoms with E-state index in [1.165, 1.54) is 6.07 Å². The summed E-state index contributed by atoms with van der Waals surface area (Å²) in [5.41, 5.74) is 2.51. The first-order chi connectivity index (χ1) is 12.0. The summed E-state index contributed by atoms with van der Waals surface area (Å²) in [7, 11) is 0. The van der Waals surface area contributed by atoms with E-state index in [9.17, 15) is 9.59 Å². The molecule has 1 heterocycles. The van der Waals surface area contributed by atoms with Gasteiger partial charge in [-0.25, -0.2) is 0 Å². The maximum Gasteiger partial charge on any atom is 0.291 e. The van der Waals surface area contributed by atoms with Crippen LogP contribution in [-0.4, -0.2) is 12.5 Å². The molecule has 1 amide bonds. The van der Waals surface area contributed by atoms with Crippen molar-refractivity contribution in [2.45, 2.75) is 20.8 Å². The summed E-state index contributed by atoms with van der Waals surface area (Å²) in [6.07, 6.45) is 0. The van der Waals surface area contributed by atoms with Crippen LogP contribution in [0.15, 0.2) is 51.7 Å². The van der Waals surface area contributed by atoms with Gasteiger partial charge in [0.2, 0.25) is 0 Å². The van der Waals surface area contributed by atoms with Gasteiger partial charge in [-0.15, -0.1) is 0 Å². The van der Waals surface area contributed by atoms with E-state index >= 15 is 0 Å². The molecule has 5 heteroatoms. The maximum absolute atomic E-state index is 12.5. The molecule has 0 radical (unpaired) electrons. The fourth-order valence-electron chi connectivity index (χ4n) is 2.76. The predicted molar refractivity (Wildman–Crippen MR) is 97.5 cm³/mol. The molecular weight excluding hydrogens is 318 g/mol. The molecule has 0 unspecified atom stereocenters. The van der Waals surface area contributed by atoms with E-state index in [1.807, 2.05) is 32.9 Å². The second-order valence-corrected chi connectivity index (χ2v) is 5.82. The summed E-state index contributed by atoms with van der Waals surface area (Å²) in [4.78, 5) is 24.9. The van der Waals surface area contributed by atoms with Crippen LogP contribution in [0.2, 0.25) is 0 Å². The molecule has 0 atom stereocenters. The number of rotatable bonds is 4. The molecule has 0 aliphatic carbocycles. The molecular formula is C20H19NO4. The van der Waals surface area contributed by atoms with Crippen LogP contribution in [0.4, 0.5) is 5.69 Å². The predicted octanol–water partition coefficient (Wildman–Crippen LogP) is 4.06. The standard InChI is InChI=1S/C20H19NO4/c1-4-24-17-8-6-5-7-15(17)21-20(23)18-11-16(22)14-10-12(2)9-13(3)19(14)25-18/h5-11H,4H2,1-3H3,(H,21,23). The molecule has 2 aromatic carbocycles. The molecule has 1 N–H and O–H groups in total. The normalized spacial score (nSPS) is 10.7. The van der Waals surface area contributed by atoms with E-state index in [0.717, 1.165) is 11.1 Å². The number of carbonyl (C=O) groups excluding carboxylic acids is 1. The van der Waals surface area contributed by atoms with Crippen molar-refractivity contribution in [3.05, 3.63) is 69.6 Å². The minimum atomic E-state index is -0.494. The Morgan fingerprint density at radius 2 is 1.92 bits per heavy atom. The van der Waals surface area contributed by atoms with Crippen LogP contribution in [0.3, 0.4) is 0 Å².